The largest absolute Gasteiger partial charge is 0.508 e. The van der Waals surface area contributed by atoms with Crippen molar-refractivity contribution in [2.24, 2.45) is 5.92 Å². The molecule has 10 heavy (non-hydrogen) atoms. The summed E-state index contributed by atoms with van der Waals surface area (Å²) in [6, 6.07) is 0. The molecule has 0 atom stereocenters. The zero-order valence-electron chi connectivity index (χ0n) is 6.59. The van der Waals surface area contributed by atoms with Gasteiger partial charge in [0.05, 0.1) is 0 Å². The van der Waals surface area contributed by atoms with Crippen LogP contribution in [-0.2, 0) is 0 Å². The first-order valence-electron chi connectivity index (χ1n) is 3.29. The molecule has 0 aliphatic carbocycles. The van der Waals surface area contributed by atoms with Crippen LogP contribution in [0.3, 0.4) is 0 Å². The van der Waals surface area contributed by atoms with Crippen LogP contribution in [0.25, 0.3) is 0 Å². The van der Waals surface area contributed by atoms with Crippen LogP contribution in [0.1, 0.15) is 13.8 Å². The first-order chi connectivity index (χ1) is 4.57. The summed E-state index contributed by atoms with van der Waals surface area (Å²) in [6.45, 7) is 11.2. The molecule has 0 aromatic heterocycles. The van der Waals surface area contributed by atoms with Crippen molar-refractivity contribution in [2.75, 3.05) is 0 Å². The molecule has 0 aromatic carbocycles. The topological polar surface area (TPSA) is 20.2 Å². The zero-order valence-corrected chi connectivity index (χ0v) is 6.59. The Balaban J connectivity index is 4.13. The second-order valence-corrected chi connectivity index (χ2v) is 2.50. The van der Waals surface area contributed by atoms with Crippen LogP contribution in [-0.4, -0.2) is 5.11 Å². The van der Waals surface area contributed by atoms with Crippen LogP contribution in [0.2, 0.25) is 0 Å². The average Bonchev–Trinajstić information content (AvgIpc) is 1.87. The third-order valence-corrected chi connectivity index (χ3v) is 1.28. The highest BCUT2D eigenvalue weighted by molar-refractivity contribution is 5.23. The average molecular weight is 138 g/mol. The highest BCUT2D eigenvalue weighted by Gasteiger charge is 1.95. The van der Waals surface area contributed by atoms with Crippen molar-refractivity contribution >= 4 is 0 Å². The van der Waals surface area contributed by atoms with Gasteiger partial charge in [-0.3, -0.25) is 0 Å². The first kappa shape index (κ1) is 9.02. The van der Waals surface area contributed by atoms with Crippen LogP contribution in [0, 0.1) is 5.92 Å². The zero-order chi connectivity index (χ0) is 8.15. The molecule has 0 fully saturated rings. The van der Waals surface area contributed by atoms with Crippen LogP contribution in [0.5, 0.6) is 0 Å². The lowest BCUT2D eigenvalue weighted by Crippen LogP contribution is -1.88. The van der Waals surface area contributed by atoms with Gasteiger partial charge in [0, 0.05) is 0 Å². The Bertz CT molecular complexity index is 164. The maximum Gasteiger partial charge on any atom is 0.115 e. The molecule has 0 heterocycles. The quantitative estimate of drug-likeness (QED) is 0.469. The van der Waals surface area contributed by atoms with Crippen molar-refractivity contribution in [3.05, 3.63) is 36.6 Å². The summed E-state index contributed by atoms with van der Waals surface area (Å²) in [5.74, 6) is 0.556. The molecule has 0 spiro atoms. The Morgan fingerprint density at radius 3 is 2.30 bits per heavy atom. The van der Waals surface area contributed by atoms with Gasteiger partial charge in [0.1, 0.15) is 5.76 Å². The number of hydrogen-bond donors (Lipinski definition) is 1. The molecule has 0 radical (unpaired) electrons. The van der Waals surface area contributed by atoms with Gasteiger partial charge < -0.3 is 5.11 Å². The van der Waals surface area contributed by atoms with E-state index in [1.54, 1.807) is 6.08 Å². The Morgan fingerprint density at radius 1 is 1.50 bits per heavy atom. The fourth-order valence-corrected chi connectivity index (χ4v) is 0.416. The third-order valence-electron chi connectivity index (χ3n) is 1.28. The summed E-state index contributed by atoms with van der Waals surface area (Å²) < 4.78 is 0. The van der Waals surface area contributed by atoms with Crippen molar-refractivity contribution in [1.29, 1.82) is 0 Å². The second-order valence-electron chi connectivity index (χ2n) is 2.50. The molecule has 0 unspecified atom stereocenters. The monoisotopic (exact) mass is 138 g/mol. The SMILES string of the molecule is C=C/C(O)=C\C(=C)C(C)C. The van der Waals surface area contributed by atoms with Crippen molar-refractivity contribution in [3.63, 3.8) is 0 Å². The lowest BCUT2D eigenvalue weighted by atomic mass is 10.1. The molecule has 1 N–H and O–H groups in total. The minimum absolute atomic E-state index is 0.179. The fourth-order valence-electron chi connectivity index (χ4n) is 0.416. The van der Waals surface area contributed by atoms with Gasteiger partial charge in [-0.2, -0.15) is 0 Å². The Hall–Kier alpha value is -0.980. The lowest BCUT2D eigenvalue weighted by Gasteiger charge is -2.02. The van der Waals surface area contributed by atoms with E-state index in [4.69, 9.17) is 5.11 Å². The summed E-state index contributed by atoms with van der Waals surface area (Å²) >= 11 is 0. The van der Waals surface area contributed by atoms with Crippen LogP contribution < -0.4 is 0 Å². The van der Waals surface area contributed by atoms with E-state index in [2.05, 4.69) is 13.2 Å². The smallest absolute Gasteiger partial charge is 0.115 e. The standard InChI is InChI=1S/C9H14O/c1-5-9(10)6-8(4)7(2)3/h5-7,10H,1,4H2,2-3H3/b9-6+. The highest BCUT2D eigenvalue weighted by Crippen LogP contribution is 2.09. The van der Waals surface area contributed by atoms with E-state index in [0.29, 0.717) is 5.92 Å². The molecule has 0 aliphatic rings. The van der Waals surface area contributed by atoms with Crippen molar-refractivity contribution < 1.29 is 5.11 Å². The maximum atomic E-state index is 8.96. The van der Waals surface area contributed by atoms with Gasteiger partial charge in [-0.15, -0.1) is 0 Å². The normalized spacial score (nSPS) is 11.7. The molecule has 0 saturated carbocycles. The van der Waals surface area contributed by atoms with Gasteiger partial charge in [0.2, 0.25) is 0 Å². The number of allylic oxidation sites excluding steroid dienone is 3. The van der Waals surface area contributed by atoms with E-state index in [0.717, 1.165) is 5.57 Å². The minimum Gasteiger partial charge on any atom is -0.508 e. The van der Waals surface area contributed by atoms with E-state index in [1.807, 2.05) is 13.8 Å². The molecule has 0 rings (SSSR count). The molecule has 0 aromatic rings. The van der Waals surface area contributed by atoms with Gasteiger partial charge in [0.25, 0.3) is 0 Å². The number of aliphatic hydroxyl groups excluding tert-OH is 1. The first-order valence-corrected chi connectivity index (χ1v) is 3.29. The van der Waals surface area contributed by atoms with Crippen LogP contribution in [0.15, 0.2) is 36.6 Å². The Kier molecular flexibility index (Phi) is 3.55. The highest BCUT2D eigenvalue weighted by atomic mass is 16.3. The van der Waals surface area contributed by atoms with Gasteiger partial charge in [-0.25, -0.2) is 0 Å². The Labute approximate surface area is 62.4 Å². The van der Waals surface area contributed by atoms with Crippen molar-refractivity contribution in [3.8, 4) is 0 Å². The third kappa shape index (κ3) is 3.13. The molecule has 1 nitrogen and oxygen atoms in total. The van der Waals surface area contributed by atoms with Crippen molar-refractivity contribution in [1.82, 2.24) is 0 Å². The van der Waals surface area contributed by atoms with Crippen LogP contribution in [0.4, 0.5) is 0 Å². The summed E-state index contributed by atoms with van der Waals surface area (Å²) in [5.41, 5.74) is 0.914. The summed E-state index contributed by atoms with van der Waals surface area (Å²) in [7, 11) is 0. The molecular weight excluding hydrogens is 124 g/mol. The van der Waals surface area contributed by atoms with Gasteiger partial charge in [-0.1, -0.05) is 27.0 Å². The second kappa shape index (κ2) is 3.94. The molecule has 0 amide bonds. The Morgan fingerprint density at radius 2 is 2.00 bits per heavy atom. The van der Waals surface area contributed by atoms with Crippen molar-refractivity contribution in [2.45, 2.75) is 13.8 Å². The summed E-state index contributed by atoms with van der Waals surface area (Å²) in [6.07, 6.45) is 3.02. The molecular formula is C9H14O. The molecule has 56 valence electrons. The van der Waals surface area contributed by atoms with E-state index in [1.165, 1.54) is 6.08 Å². The van der Waals surface area contributed by atoms with E-state index in [-0.39, 0.29) is 5.76 Å². The van der Waals surface area contributed by atoms with E-state index in [9.17, 15) is 0 Å². The predicted octanol–water partition coefficient (Wildman–Crippen LogP) is 2.83. The van der Waals surface area contributed by atoms with E-state index < -0.39 is 0 Å². The molecule has 0 aliphatic heterocycles. The fraction of sp³-hybridized carbons (Fsp3) is 0.333. The summed E-state index contributed by atoms with van der Waals surface area (Å²) in [4.78, 5) is 0. The van der Waals surface area contributed by atoms with Gasteiger partial charge in [0.15, 0.2) is 0 Å². The van der Waals surface area contributed by atoms with Gasteiger partial charge >= 0.3 is 0 Å². The molecule has 0 saturated heterocycles. The van der Waals surface area contributed by atoms with Crippen LogP contribution >= 0.6 is 0 Å². The number of hydrogen-bond acceptors (Lipinski definition) is 1. The lowest BCUT2D eigenvalue weighted by molar-refractivity contribution is 0.431. The number of rotatable bonds is 3. The predicted molar refractivity (Wildman–Crippen MR) is 44.9 cm³/mol. The van der Waals surface area contributed by atoms with Gasteiger partial charge in [-0.05, 0) is 23.6 Å². The number of aliphatic hydroxyl groups is 1. The minimum atomic E-state index is 0.179. The summed E-state index contributed by atoms with van der Waals surface area (Å²) in [5, 5.41) is 8.96. The van der Waals surface area contributed by atoms with E-state index >= 15 is 0 Å². The molecule has 1 heteroatoms. The maximum absolute atomic E-state index is 8.96. The molecule has 0 bridgehead atoms.